The molecule has 0 spiro atoms. The summed E-state index contributed by atoms with van der Waals surface area (Å²) in [4.78, 5) is 19.7. The summed E-state index contributed by atoms with van der Waals surface area (Å²) < 4.78 is 5.15. The molecule has 0 aliphatic carbocycles. The van der Waals surface area contributed by atoms with Gasteiger partial charge in [0, 0.05) is 18.8 Å². The van der Waals surface area contributed by atoms with Gasteiger partial charge in [0.15, 0.2) is 0 Å². The van der Waals surface area contributed by atoms with E-state index < -0.39 is 6.09 Å². The number of rotatable bonds is 5. The molecule has 1 heterocycles. The number of benzene rings is 1. The van der Waals surface area contributed by atoms with Gasteiger partial charge in [0.05, 0.1) is 12.3 Å². The second-order valence-electron chi connectivity index (χ2n) is 4.50. The maximum atomic E-state index is 11.8. The van der Waals surface area contributed by atoms with E-state index in [4.69, 9.17) is 4.74 Å². The Balaban J connectivity index is 1.89. The van der Waals surface area contributed by atoms with Crippen LogP contribution in [0.4, 0.5) is 4.79 Å². The molecule has 0 aliphatic rings. The Bertz CT molecular complexity index is 595. The largest absolute Gasteiger partial charge is 0.448 e. The second-order valence-corrected chi connectivity index (χ2v) is 4.50. The van der Waals surface area contributed by atoms with Gasteiger partial charge in [-0.15, -0.1) is 0 Å². The topological polar surface area (TPSA) is 51.5 Å². The lowest BCUT2D eigenvalue weighted by molar-refractivity contribution is 0.158. The predicted octanol–water partition coefficient (Wildman–Crippen LogP) is 3.66. The number of carbonyl (C=O) groups excluding carboxylic acids is 1. The summed E-state index contributed by atoms with van der Waals surface area (Å²) in [5.41, 5.74) is 2.77. The first-order valence-corrected chi connectivity index (χ1v) is 6.98. The molecule has 4 nitrogen and oxygen atoms in total. The molecule has 0 N–H and O–H groups in total. The lowest BCUT2D eigenvalue weighted by Gasteiger charge is -2.05. The van der Waals surface area contributed by atoms with Gasteiger partial charge in [-0.1, -0.05) is 37.3 Å². The molecule has 0 radical (unpaired) electrons. The smallest absolute Gasteiger partial charge is 0.433 e. The summed E-state index contributed by atoms with van der Waals surface area (Å²) in [6.07, 6.45) is 4.25. The van der Waals surface area contributed by atoms with E-state index in [1.54, 1.807) is 12.4 Å². The molecule has 4 heteroatoms. The number of ether oxygens (including phenoxy) is 1. The van der Waals surface area contributed by atoms with Gasteiger partial charge in [-0.25, -0.2) is 4.79 Å². The molecule has 1 amide bonds. The SMILES string of the molecule is CCC(=NC(=O)OCCc1ccncc1)c1ccccc1. The summed E-state index contributed by atoms with van der Waals surface area (Å²) in [6, 6.07) is 13.5. The zero-order valence-electron chi connectivity index (χ0n) is 12.0. The predicted molar refractivity (Wildman–Crippen MR) is 82.6 cm³/mol. The van der Waals surface area contributed by atoms with Crippen LogP contribution in [0.15, 0.2) is 59.9 Å². The van der Waals surface area contributed by atoms with Crippen molar-refractivity contribution in [3.63, 3.8) is 0 Å². The second kappa shape index (κ2) is 7.94. The fourth-order valence-corrected chi connectivity index (χ4v) is 1.93. The number of carbonyl (C=O) groups is 1. The molecule has 2 rings (SSSR count). The standard InChI is InChI=1S/C17H18N2O2/c1-2-16(15-6-4-3-5-7-15)19-17(20)21-13-10-14-8-11-18-12-9-14/h3-9,11-12H,2,10,13H2,1H3. The molecule has 0 unspecified atom stereocenters. The number of aromatic nitrogens is 1. The third kappa shape index (κ3) is 4.84. The number of nitrogens with zero attached hydrogens (tertiary/aromatic N) is 2. The van der Waals surface area contributed by atoms with Crippen molar-refractivity contribution in [3.05, 3.63) is 66.0 Å². The van der Waals surface area contributed by atoms with Crippen LogP contribution in [-0.4, -0.2) is 23.4 Å². The quantitative estimate of drug-likeness (QED) is 0.786. The molecular weight excluding hydrogens is 264 g/mol. The molecule has 0 fully saturated rings. The molecule has 2 aromatic rings. The van der Waals surface area contributed by atoms with Crippen LogP contribution in [0.3, 0.4) is 0 Å². The van der Waals surface area contributed by atoms with Crippen molar-refractivity contribution in [2.24, 2.45) is 4.99 Å². The molecule has 0 saturated carbocycles. The van der Waals surface area contributed by atoms with Gasteiger partial charge < -0.3 is 4.74 Å². The lowest BCUT2D eigenvalue weighted by Crippen LogP contribution is -2.08. The van der Waals surface area contributed by atoms with Crippen molar-refractivity contribution in [1.82, 2.24) is 4.98 Å². The Labute approximate surface area is 124 Å². The van der Waals surface area contributed by atoms with Gasteiger partial charge in [-0.3, -0.25) is 4.98 Å². The summed E-state index contributed by atoms with van der Waals surface area (Å²) in [6.45, 7) is 2.29. The summed E-state index contributed by atoms with van der Waals surface area (Å²) in [7, 11) is 0. The average Bonchev–Trinajstić information content (AvgIpc) is 2.54. The van der Waals surface area contributed by atoms with E-state index in [2.05, 4.69) is 9.98 Å². The van der Waals surface area contributed by atoms with Crippen LogP contribution in [-0.2, 0) is 11.2 Å². The van der Waals surface area contributed by atoms with Crippen molar-refractivity contribution < 1.29 is 9.53 Å². The number of hydrogen-bond donors (Lipinski definition) is 0. The molecule has 0 saturated heterocycles. The first-order chi connectivity index (χ1) is 10.3. The zero-order chi connectivity index (χ0) is 14.9. The van der Waals surface area contributed by atoms with Gasteiger partial charge >= 0.3 is 6.09 Å². The molecule has 0 bridgehead atoms. The van der Waals surface area contributed by atoms with Gasteiger partial charge in [-0.2, -0.15) is 4.99 Å². The Hall–Kier alpha value is -2.49. The third-order valence-corrected chi connectivity index (χ3v) is 3.03. The minimum atomic E-state index is -0.537. The molecule has 0 atom stereocenters. The Morgan fingerprint density at radius 2 is 1.86 bits per heavy atom. The summed E-state index contributed by atoms with van der Waals surface area (Å²) in [5, 5.41) is 0. The Morgan fingerprint density at radius 1 is 1.14 bits per heavy atom. The Morgan fingerprint density at radius 3 is 2.52 bits per heavy atom. The van der Waals surface area contributed by atoms with Crippen LogP contribution in [0.1, 0.15) is 24.5 Å². The Kier molecular flexibility index (Phi) is 5.64. The van der Waals surface area contributed by atoms with Crippen molar-refractivity contribution >= 4 is 11.8 Å². The van der Waals surface area contributed by atoms with Crippen LogP contribution in [0.25, 0.3) is 0 Å². The molecule has 0 aliphatic heterocycles. The van der Waals surface area contributed by atoms with Gasteiger partial charge in [0.1, 0.15) is 0 Å². The van der Waals surface area contributed by atoms with Crippen LogP contribution in [0, 0.1) is 0 Å². The van der Waals surface area contributed by atoms with Gasteiger partial charge in [-0.05, 0) is 29.7 Å². The van der Waals surface area contributed by atoms with Crippen LogP contribution < -0.4 is 0 Å². The minimum Gasteiger partial charge on any atom is -0.448 e. The van der Waals surface area contributed by atoms with Crippen LogP contribution in [0.5, 0.6) is 0 Å². The van der Waals surface area contributed by atoms with E-state index in [-0.39, 0.29) is 0 Å². The first kappa shape index (κ1) is 14.9. The van der Waals surface area contributed by atoms with E-state index in [1.807, 2.05) is 49.4 Å². The van der Waals surface area contributed by atoms with Crippen molar-refractivity contribution in [2.75, 3.05) is 6.61 Å². The van der Waals surface area contributed by atoms with Crippen LogP contribution in [0.2, 0.25) is 0 Å². The fourth-order valence-electron chi connectivity index (χ4n) is 1.93. The van der Waals surface area contributed by atoms with Gasteiger partial charge in [0.25, 0.3) is 0 Å². The van der Waals surface area contributed by atoms with Crippen molar-refractivity contribution in [3.8, 4) is 0 Å². The highest BCUT2D eigenvalue weighted by atomic mass is 16.5. The highest BCUT2D eigenvalue weighted by Crippen LogP contribution is 2.05. The zero-order valence-corrected chi connectivity index (χ0v) is 12.0. The number of aliphatic imine (C=N–C) groups is 1. The fraction of sp³-hybridized carbons (Fsp3) is 0.235. The van der Waals surface area contributed by atoms with E-state index >= 15 is 0 Å². The minimum absolute atomic E-state index is 0.318. The van der Waals surface area contributed by atoms with Crippen LogP contribution >= 0.6 is 0 Å². The molecule has 1 aromatic heterocycles. The van der Waals surface area contributed by atoms with Crippen molar-refractivity contribution in [2.45, 2.75) is 19.8 Å². The number of amides is 1. The van der Waals surface area contributed by atoms with Crippen molar-refractivity contribution in [1.29, 1.82) is 0 Å². The molecule has 21 heavy (non-hydrogen) atoms. The summed E-state index contributed by atoms with van der Waals surface area (Å²) in [5.74, 6) is 0. The maximum Gasteiger partial charge on any atom is 0.433 e. The normalized spacial score (nSPS) is 11.2. The molecular formula is C17H18N2O2. The number of hydrogen-bond acceptors (Lipinski definition) is 3. The van der Waals surface area contributed by atoms with Gasteiger partial charge in [0.2, 0.25) is 0 Å². The summed E-state index contributed by atoms with van der Waals surface area (Å²) >= 11 is 0. The monoisotopic (exact) mass is 282 g/mol. The number of pyridine rings is 1. The highest BCUT2D eigenvalue weighted by molar-refractivity contribution is 6.05. The van der Waals surface area contributed by atoms with E-state index in [9.17, 15) is 4.79 Å². The molecule has 1 aromatic carbocycles. The third-order valence-electron chi connectivity index (χ3n) is 3.03. The van der Waals surface area contributed by atoms with E-state index in [1.165, 1.54) is 0 Å². The maximum absolute atomic E-state index is 11.8. The highest BCUT2D eigenvalue weighted by Gasteiger charge is 2.05. The first-order valence-electron chi connectivity index (χ1n) is 6.98. The average molecular weight is 282 g/mol. The van der Waals surface area contributed by atoms with E-state index in [0.717, 1.165) is 16.8 Å². The van der Waals surface area contributed by atoms with E-state index in [0.29, 0.717) is 19.4 Å². The lowest BCUT2D eigenvalue weighted by atomic mass is 10.1. The molecule has 108 valence electrons.